The number of esters is 1. The number of halogens is 3. The first-order valence-corrected chi connectivity index (χ1v) is 6.88. The molecule has 1 heterocycles. The maximum absolute atomic E-state index is 11.9. The molecule has 0 bridgehead atoms. The highest BCUT2D eigenvalue weighted by Gasteiger charge is 2.20. The Labute approximate surface area is 136 Å². The van der Waals surface area contributed by atoms with Crippen LogP contribution in [0.3, 0.4) is 0 Å². The largest absolute Gasteiger partial charge is 0.481 e. The Morgan fingerprint density at radius 2 is 1.71 bits per heavy atom. The first kappa shape index (κ1) is 15.9. The Hall–Kier alpha value is -1.49. The standard InChI is InChI=1S/C14H10Cl3NO3/c1-20-12-5-8(14(19)21-2)9(6-18-12)13-10(16)3-7(15)4-11(13)17/h3-6H,1-2H3. The zero-order valence-corrected chi connectivity index (χ0v) is 13.4. The number of hydrogen-bond acceptors (Lipinski definition) is 4. The van der Waals surface area contributed by atoms with E-state index in [4.69, 9.17) is 44.3 Å². The Kier molecular flexibility index (Phi) is 4.93. The normalized spacial score (nSPS) is 10.3. The number of carbonyl (C=O) groups is 1. The number of methoxy groups -OCH3 is 2. The van der Waals surface area contributed by atoms with Crippen molar-refractivity contribution in [3.05, 3.63) is 45.0 Å². The van der Waals surface area contributed by atoms with Crippen molar-refractivity contribution in [1.29, 1.82) is 0 Å². The molecule has 0 N–H and O–H groups in total. The van der Waals surface area contributed by atoms with Crippen molar-refractivity contribution in [2.45, 2.75) is 0 Å². The minimum Gasteiger partial charge on any atom is -0.481 e. The van der Waals surface area contributed by atoms with Crippen LogP contribution in [0.1, 0.15) is 10.4 Å². The molecule has 0 aliphatic rings. The molecular formula is C14H10Cl3NO3. The molecule has 2 aromatic rings. The number of ether oxygens (including phenoxy) is 2. The van der Waals surface area contributed by atoms with E-state index in [9.17, 15) is 4.79 Å². The third kappa shape index (κ3) is 3.23. The molecule has 0 unspecified atom stereocenters. The highest BCUT2D eigenvalue weighted by Crippen LogP contribution is 2.39. The summed E-state index contributed by atoms with van der Waals surface area (Å²) in [6.07, 6.45) is 1.45. The van der Waals surface area contributed by atoms with E-state index in [-0.39, 0.29) is 11.4 Å². The van der Waals surface area contributed by atoms with Gasteiger partial charge >= 0.3 is 5.97 Å². The molecule has 1 aromatic heterocycles. The number of benzene rings is 1. The average molecular weight is 347 g/mol. The molecule has 4 nitrogen and oxygen atoms in total. The second-order valence-electron chi connectivity index (χ2n) is 4.01. The zero-order valence-electron chi connectivity index (χ0n) is 11.1. The second kappa shape index (κ2) is 6.52. The van der Waals surface area contributed by atoms with Gasteiger partial charge in [0.25, 0.3) is 0 Å². The van der Waals surface area contributed by atoms with Crippen LogP contribution in [0.15, 0.2) is 24.4 Å². The third-order valence-corrected chi connectivity index (χ3v) is 3.58. The average Bonchev–Trinajstić information content (AvgIpc) is 2.45. The number of hydrogen-bond donors (Lipinski definition) is 0. The molecule has 0 saturated carbocycles. The maximum Gasteiger partial charge on any atom is 0.338 e. The fourth-order valence-corrected chi connectivity index (χ4v) is 2.85. The van der Waals surface area contributed by atoms with E-state index in [1.165, 1.54) is 38.6 Å². The molecule has 0 aliphatic carbocycles. The third-order valence-electron chi connectivity index (χ3n) is 2.77. The summed E-state index contributed by atoms with van der Waals surface area (Å²) in [5.41, 5.74) is 1.14. The molecule has 0 atom stereocenters. The molecule has 0 amide bonds. The second-order valence-corrected chi connectivity index (χ2v) is 5.26. The number of rotatable bonds is 3. The van der Waals surface area contributed by atoms with E-state index in [2.05, 4.69) is 4.98 Å². The summed E-state index contributed by atoms with van der Waals surface area (Å²) < 4.78 is 9.78. The molecule has 110 valence electrons. The van der Waals surface area contributed by atoms with Crippen LogP contribution in [-0.2, 0) is 4.74 Å². The van der Waals surface area contributed by atoms with Crippen LogP contribution in [0.5, 0.6) is 5.88 Å². The van der Waals surface area contributed by atoms with Crippen LogP contribution in [0.2, 0.25) is 15.1 Å². The van der Waals surface area contributed by atoms with Gasteiger partial charge in [-0.2, -0.15) is 0 Å². The molecule has 0 radical (unpaired) electrons. The smallest absolute Gasteiger partial charge is 0.338 e. The Morgan fingerprint density at radius 3 is 2.24 bits per heavy atom. The molecule has 0 spiro atoms. The van der Waals surface area contributed by atoms with Gasteiger partial charge in [0.2, 0.25) is 5.88 Å². The van der Waals surface area contributed by atoms with E-state index in [1.807, 2.05) is 0 Å². The number of pyridine rings is 1. The lowest BCUT2D eigenvalue weighted by atomic mass is 10.0. The van der Waals surface area contributed by atoms with Gasteiger partial charge in [0.1, 0.15) is 0 Å². The Morgan fingerprint density at radius 1 is 1.10 bits per heavy atom. The predicted octanol–water partition coefficient (Wildman–Crippen LogP) is 4.50. The monoisotopic (exact) mass is 345 g/mol. The van der Waals surface area contributed by atoms with Crippen LogP contribution in [-0.4, -0.2) is 25.2 Å². The highest BCUT2D eigenvalue weighted by molar-refractivity contribution is 6.42. The van der Waals surface area contributed by atoms with E-state index >= 15 is 0 Å². The van der Waals surface area contributed by atoms with Gasteiger partial charge in [0.15, 0.2) is 0 Å². The SMILES string of the molecule is COC(=O)c1cc(OC)ncc1-c1c(Cl)cc(Cl)cc1Cl. The Balaban J connectivity index is 2.72. The van der Waals surface area contributed by atoms with Crippen LogP contribution in [0.25, 0.3) is 11.1 Å². The lowest BCUT2D eigenvalue weighted by molar-refractivity contribution is 0.0601. The first-order valence-electron chi connectivity index (χ1n) is 5.75. The van der Waals surface area contributed by atoms with Gasteiger partial charge in [-0.1, -0.05) is 34.8 Å². The summed E-state index contributed by atoms with van der Waals surface area (Å²) in [6, 6.07) is 4.54. The fourth-order valence-electron chi connectivity index (χ4n) is 1.83. The molecule has 7 heteroatoms. The van der Waals surface area contributed by atoms with Gasteiger partial charge in [0.05, 0.1) is 29.8 Å². The molecule has 0 fully saturated rings. The van der Waals surface area contributed by atoms with Crippen molar-refractivity contribution >= 4 is 40.8 Å². The van der Waals surface area contributed by atoms with Crippen LogP contribution in [0, 0.1) is 0 Å². The minimum atomic E-state index is -0.548. The molecule has 0 aliphatic heterocycles. The number of aromatic nitrogens is 1. The number of nitrogens with zero attached hydrogens (tertiary/aromatic N) is 1. The van der Waals surface area contributed by atoms with Crippen molar-refractivity contribution < 1.29 is 14.3 Å². The van der Waals surface area contributed by atoms with Crippen molar-refractivity contribution in [3.63, 3.8) is 0 Å². The van der Waals surface area contributed by atoms with Crippen molar-refractivity contribution in [3.8, 4) is 17.0 Å². The lowest BCUT2D eigenvalue weighted by Crippen LogP contribution is -2.05. The summed E-state index contributed by atoms with van der Waals surface area (Å²) in [7, 11) is 2.73. The number of carbonyl (C=O) groups excluding carboxylic acids is 1. The first-order chi connectivity index (χ1) is 9.97. The quantitative estimate of drug-likeness (QED) is 0.768. The van der Waals surface area contributed by atoms with E-state index < -0.39 is 5.97 Å². The van der Waals surface area contributed by atoms with Crippen LogP contribution < -0.4 is 4.74 Å². The topological polar surface area (TPSA) is 48.4 Å². The van der Waals surface area contributed by atoms with E-state index in [0.29, 0.717) is 26.2 Å². The molecule has 21 heavy (non-hydrogen) atoms. The van der Waals surface area contributed by atoms with Crippen molar-refractivity contribution in [2.75, 3.05) is 14.2 Å². The lowest BCUT2D eigenvalue weighted by Gasteiger charge is -2.12. The summed E-state index contributed by atoms with van der Waals surface area (Å²) in [5, 5.41) is 1.02. The van der Waals surface area contributed by atoms with Gasteiger partial charge < -0.3 is 9.47 Å². The van der Waals surface area contributed by atoms with Crippen LogP contribution >= 0.6 is 34.8 Å². The fraction of sp³-hybridized carbons (Fsp3) is 0.143. The van der Waals surface area contributed by atoms with E-state index in [0.717, 1.165) is 0 Å². The summed E-state index contributed by atoms with van der Waals surface area (Å²) in [6.45, 7) is 0. The summed E-state index contributed by atoms with van der Waals surface area (Å²) in [4.78, 5) is 16.0. The minimum absolute atomic E-state index is 0.246. The van der Waals surface area contributed by atoms with E-state index in [1.54, 1.807) is 0 Å². The molecular weight excluding hydrogens is 337 g/mol. The predicted molar refractivity (Wildman–Crippen MR) is 82.6 cm³/mol. The van der Waals surface area contributed by atoms with Crippen LogP contribution in [0.4, 0.5) is 0 Å². The van der Waals surface area contributed by atoms with Gasteiger partial charge in [-0.25, -0.2) is 9.78 Å². The van der Waals surface area contributed by atoms with Crippen molar-refractivity contribution in [2.24, 2.45) is 0 Å². The van der Waals surface area contributed by atoms with Gasteiger partial charge in [-0.05, 0) is 12.1 Å². The van der Waals surface area contributed by atoms with Crippen molar-refractivity contribution in [1.82, 2.24) is 4.98 Å². The highest BCUT2D eigenvalue weighted by atomic mass is 35.5. The molecule has 0 saturated heterocycles. The maximum atomic E-state index is 11.9. The van der Waals surface area contributed by atoms with Gasteiger partial charge in [-0.15, -0.1) is 0 Å². The summed E-state index contributed by atoms with van der Waals surface area (Å²) >= 11 is 18.3. The summed E-state index contributed by atoms with van der Waals surface area (Å²) in [5.74, 6) is -0.270. The Bertz CT molecular complexity index is 681. The van der Waals surface area contributed by atoms with Gasteiger partial charge in [0, 0.05) is 28.4 Å². The zero-order chi connectivity index (χ0) is 15.6. The molecule has 1 aromatic carbocycles. The van der Waals surface area contributed by atoms with Gasteiger partial charge in [-0.3, -0.25) is 0 Å². The molecule has 2 rings (SSSR count).